The third-order valence-electron chi connectivity index (χ3n) is 2.62. The molecule has 94 valence electrons. The van der Waals surface area contributed by atoms with Crippen molar-refractivity contribution < 1.29 is 19.4 Å². The minimum atomic E-state index is -1.15. The number of hydrogen-bond donors (Lipinski definition) is 1. The van der Waals surface area contributed by atoms with E-state index in [9.17, 15) is 9.90 Å². The van der Waals surface area contributed by atoms with Crippen molar-refractivity contribution in [2.75, 3.05) is 13.7 Å². The second-order valence-corrected chi connectivity index (χ2v) is 3.76. The molecule has 0 radical (unpaired) electrons. The zero-order valence-corrected chi connectivity index (χ0v) is 10.3. The second kappa shape index (κ2) is 6.25. The van der Waals surface area contributed by atoms with Crippen LogP contribution in [0, 0.1) is 0 Å². The van der Waals surface area contributed by atoms with Crippen LogP contribution in [0.3, 0.4) is 0 Å². The lowest BCUT2D eigenvalue weighted by molar-refractivity contribution is -0.154. The number of benzene rings is 1. The van der Waals surface area contributed by atoms with Gasteiger partial charge in [0.05, 0.1) is 13.7 Å². The van der Waals surface area contributed by atoms with Gasteiger partial charge in [-0.1, -0.05) is 19.1 Å². The summed E-state index contributed by atoms with van der Waals surface area (Å²) in [6.45, 7) is 3.75. The average molecular weight is 238 g/mol. The van der Waals surface area contributed by atoms with E-state index >= 15 is 0 Å². The average Bonchev–Trinajstić information content (AvgIpc) is 2.37. The lowest BCUT2D eigenvalue weighted by atomic mass is 9.95. The first-order chi connectivity index (χ1) is 8.10. The fourth-order valence-electron chi connectivity index (χ4n) is 1.54. The third kappa shape index (κ3) is 3.46. The van der Waals surface area contributed by atoms with Gasteiger partial charge in [0.1, 0.15) is 5.75 Å². The molecule has 17 heavy (non-hydrogen) atoms. The molecule has 1 rings (SSSR count). The van der Waals surface area contributed by atoms with Gasteiger partial charge >= 0.3 is 5.97 Å². The molecule has 2 unspecified atom stereocenters. The SMILES string of the molecule is CCOC(=O)C(O)C(C)c1cccc(OC)c1. The van der Waals surface area contributed by atoms with Crippen molar-refractivity contribution in [1.29, 1.82) is 0 Å². The number of ether oxygens (including phenoxy) is 2. The minimum Gasteiger partial charge on any atom is -0.497 e. The molecule has 0 bridgehead atoms. The fourth-order valence-corrected chi connectivity index (χ4v) is 1.54. The number of rotatable bonds is 5. The van der Waals surface area contributed by atoms with Gasteiger partial charge in [0.2, 0.25) is 0 Å². The molecule has 1 aromatic rings. The highest BCUT2D eigenvalue weighted by Crippen LogP contribution is 2.23. The molecular weight excluding hydrogens is 220 g/mol. The van der Waals surface area contributed by atoms with Crippen LogP contribution in [0.1, 0.15) is 25.3 Å². The Hall–Kier alpha value is -1.55. The zero-order chi connectivity index (χ0) is 12.8. The van der Waals surface area contributed by atoms with E-state index < -0.39 is 12.1 Å². The maximum Gasteiger partial charge on any atom is 0.335 e. The Balaban J connectivity index is 2.80. The molecule has 0 heterocycles. The molecule has 0 aliphatic carbocycles. The van der Waals surface area contributed by atoms with Crippen LogP contribution in [-0.4, -0.2) is 30.9 Å². The number of methoxy groups -OCH3 is 1. The third-order valence-corrected chi connectivity index (χ3v) is 2.62. The summed E-state index contributed by atoms with van der Waals surface area (Å²) < 4.78 is 9.88. The van der Waals surface area contributed by atoms with Crippen LogP contribution in [0.5, 0.6) is 5.75 Å². The molecule has 0 aliphatic heterocycles. The van der Waals surface area contributed by atoms with E-state index in [0.717, 1.165) is 5.56 Å². The zero-order valence-electron chi connectivity index (χ0n) is 10.3. The second-order valence-electron chi connectivity index (χ2n) is 3.76. The Morgan fingerprint density at radius 3 is 2.76 bits per heavy atom. The Morgan fingerprint density at radius 2 is 2.18 bits per heavy atom. The molecule has 0 fully saturated rings. The van der Waals surface area contributed by atoms with E-state index in [4.69, 9.17) is 9.47 Å². The van der Waals surface area contributed by atoms with Gasteiger partial charge in [-0.25, -0.2) is 4.79 Å². The summed E-state index contributed by atoms with van der Waals surface area (Å²) in [5, 5.41) is 9.82. The summed E-state index contributed by atoms with van der Waals surface area (Å²) in [7, 11) is 1.57. The standard InChI is InChI=1S/C13H18O4/c1-4-17-13(15)12(14)9(2)10-6-5-7-11(8-10)16-3/h5-9,12,14H,4H2,1-3H3. The van der Waals surface area contributed by atoms with Gasteiger partial charge in [0.25, 0.3) is 0 Å². The molecule has 1 aromatic carbocycles. The topological polar surface area (TPSA) is 55.8 Å². The Labute approximate surface area is 101 Å². The van der Waals surface area contributed by atoms with Gasteiger partial charge in [-0.3, -0.25) is 0 Å². The van der Waals surface area contributed by atoms with Crippen LogP contribution in [0.2, 0.25) is 0 Å². The monoisotopic (exact) mass is 238 g/mol. The van der Waals surface area contributed by atoms with Crippen LogP contribution in [0.4, 0.5) is 0 Å². The summed E-state index contributed by atoms with van der Waals surface area (Å²) in [4.78, 5) is 11.4. The molecule has 2 atom stereocenters. The Bertz CT molecular complexity index is 375. The van der Waals surface area contributed by atoms with Gasteiger partial charge in [-0.2, -0.15) is 0 Å². The summed E-state index contributed by atoms with van der Waals surface area (Å²) >= 11 is 0. The Morgan fingerprint density at radius 1 is 1.47 bits per heavy atom. The number of carbonyl (C=O) groups is 1. The van der Waals surface area contributed by atoms with Crippen LogP contribution in [-0.2, 0) is 9.53 Å². The van der Waals surface area contributed by atoms with Crippen molar-refractivity contribution in [2.24, 2.45) is 0 Å². The maximum absolute atomic E-state index is 11.4. The van der Waals surface area contributed by atoms with Crippen molar-refractivity contribution in [3.05, 3.63) is 29.8 Å². The van der Waals surface area contributed by atoms with Crippen molar-refractivity contribution in [2.45, 2.75) is 25.9 Å². The van der Waals surface area contributed by atoms with E-state index in [1.807, 2.05) is 18.2 Å². The number of aliphatic hydroxyl groups is 1. The summed E-state index contributed by atoms with van der Waals surface area (Å²) in [6.07, 6.45) is -1.15. The van der Waals surface area contributed by atoms with E-state index in [-0.39, 0.29) is 12.5 Å². The van der Waals surface area contributed by atoms with E-state index in [1.54, 1.807) is 27.0 Å². The molecule has 4 heteroatoms. The van der Waals surface area contributed by atoms with Crippen molar-refractivity contribution in [3.63, 3.8) is 0 Å². The van der Waals surface area contributed by atoms with Crippen LogP contribution in [0.25, 0.3) is 0 Å². The number of aliphatic hydroxyl groups excluding tert-OH is 1. The molecule has 0 saturated heterocycles. The van der Waals surface area contributed by atoms with Crippen molar-refractivity contribution >= 4 is 5.97 Å². The first-order valence-electron chi connectivity index (χ1n) is 5.58. The van der Waals surface area contributed by atoms with Crippen LogP contribution < -0.4 is 4.74 Å². The lowest BCUT2D eigenvalue weighted by Gasteiger charge is -2.18. The predicted octanol–water partition coefficient (Wildman–Crippen LogP) is 1.72. The van der Waals surface area contributed by atoms with Gasteiger partial charge in [0.15, 0.2) is 6.10 Å². The van der Waals surface area contributed by atoms with Crippen molar-refractivity contribution in [1.82, 2.24) is 0 Å². The number of esters is 1. The molecular formula is C13H18O4. The van der Waals surface area contributed by atoms with E-state index in [2.05, 4.69) is 0 Å². The molecule has 0 aromatic heterocycles. The molecule has 0 aliphatic rings. The molecule has 0 amide bonds. The first-order valence-corrected chi connectivity index (χ1v) is 5.58. The quantitative estimate of drug-likeness (QED) is 0.794. The minimum absolute atomic E-state index is 0.265. The highest BCUT2D eigenvalue weighted by atomic mass is 16.5. The maximum atomic E-state index is 11.4. The number of carbonyl (C=O) groups excluding carboxylic acids is 1. The predicted molar refractivity (Wildman–Crippen MR) is 64.0 cm³/mol. The number of hydrogen-bond acceptors (Lipinski definition) is 4. The molecule has 1 N–H and O–H groups in total. The van der Waals surface area contributed by atoms with Gasteiger partial charge in [0, 0.05) is 5.92 Å². The van der Waals surface area contributed by atoms with Gasteiger partial charge < -0.3 is 14.6 Å². The van der Waals surface area contributed by atoms with Crippen LogP contribution in [0.15, 0.2) is 24.3 Å². The Kier molecular flexibility index (Phi) is 4.97. The summed E-state index contributed by atoms with van der Waals surface area (Å²) in [5.74, 6) is -0.225. The fraction of sp³-hybridized carbons (Fsp3) is 0.462. The smallest absolute Gasteiger partial charge is 0.335 e. The van der Waals surface area contributed by atoms with E-state index in [0.29, 0.717) is 5.75 Å². The van der Waals surface area contributed by atoms with E-state index in [1.165, 1.54) is 0 Å². The normalized spacial score (nSPS) is 13.9. The highest BCUT2D eigenvalue weighted by molar-refractivity contribution is 5.75. The molecule has 0 spiro atoms. The highest BCUT2D eigenvalue weighted by Gasteiger charge is 2.25. The summed E-state index contributed by atoms with van der Waals surface area (Å²) in [6, 6.07) is 7.28. The van der Waals surface area contributed by atoms with Crippen molar-refractivity contribution in [3.8, 4) is 5.75 Å². The van der Waals surface area contributed by atoms with Gasteiger partial charge in [-0.05, 0) is 24.6 Å². The largest absolute Gasteiger partial charge is 0.497 e. The van der Waals surface area contributed by atoms with Gasteiger partial charge in [-0.15, -0.1) is 0 Å². The molecule has 0 saturated carbocycles. The van der Waals surface area contributed by atoms with Crippen LogP contribution >= 0.6 is 0 Å². The first kappa shape index (κ1) is 13.5. The molecule has 4 nitrogen and oxygen atoms in total. The summed E-state index contributed by atoms with van der Waals surface area (Å²) in [5.41, 5.74) is 0.838. The lowest BCUT2D eigenvalue weighted by Crippen LogP contribution is -2.28.